The van der Waals surface area contributed by atoms with Crippen LogP contribution in [0.1, 0.15) is 39.6 Å². The quantitative estimate of drug-likeness (QED) is 0.0595. The number of aromatic nitrogens is 6. The standard InChI is InChI=1S/C26H38N8O15P2S2/c1-26(2,3)53-52-9-12(35)24(37)48-20-15(47-23(19(20)36)34-11-31-18-21(28)29-10-30-22(18)34)8-45-51(42,43)49-13-6-17(33-5-4-16(27)32-25(33)38)46-14(13)7-44-50(39,40)41/h4-5,10-15,17,19-20,23,35-36H,6-9H2,1-3H3,(H,42,43)(H2,27,32,38)(H2,28,29,30)(H2,39,40,41)/t12?,13-,14+,15+,17+,19+,20+,23?/m0/s1. The highest BCUT2D eigenvalue weighted by Gasteiger charge is 2.50. The van der Waals surface area contributed by atoms with Crippen molar-refractivity contribution in [2.24, 2.45) is 0 Å². The lowest BCUT2D eigenvalue weighted by Gasteiger charge is -2.24. The number of imidazole rings is 1. The number of nitrogens with two attached hydrogens (primary N) is 2. The van der Waals surface area contributed by atoms with Gasteiger partial charge >= 0.3 is 27.3 Å². The van der Waals surface area contributed by atoms with Gasteiger partial charge in [-0.3, -0.25) is 22.7 Å². The first-order chi connectivity index (χ1) is 24.7. The summed E-state index contributed by atoms with van der Waals surface area (Å²) >= 11 is 0. The average molecular weight is 829 g/mol. The third kappa shape index (κ3) is 10.7. The number of phosphoric acid groups is 2. The Balaban J connectivity index is 1.33. The van der Waals surface area contributed by atoms with Crippen LogP contribution >= 0.6 is 37.2 Å². The fraction of sp³-hybridized carbons (Fsp3) is 0.615. The summed E-state index contributed by atoms with van der Waals surface area (Å²) < 4.78 is 59.0. The number of aliphatic hydroxyl groups excluding tert-OH is 2. The van der Waals surface area contributed by atoms with Crippen LogP contribution in [0.3, 0.4) is 0 Å². The Morgan fingerprint density at radius 1 is 1.09 bits per heavy atom. The number of esters is 1. The van der Waals surface area contributed by atoms with Gasteiger partial charge in [-0.25, -0.2) is 33.7 Å². The van der Waals surface area contributed by atoms with Gasteiger partial charge in [-0.2, -0.15) is 4.98 Å². The van der Waals surface area contributed by atoms with E-state index in [1.54, 1.807) is 0 Å². The summed E-state index contributed by atoms with van der Waals surface area (Å²) in [7, 11) is -7.55. The topological polar surface area (TPSA) is 338 Å². The van der Waals surface area contributed by atoms with E-state index < -0.39 is 89.6 Å². The Bertz CT molecular complexity index is 1930. The SMILES string of the molecule is CC(C)(C)SSCC(O)C(=O)O[C@@H]1[C@@H](COP(=O)(O)O[C@H]2C[C@H](n3ccc(N)nc3=O)O[C@@H]2COP(=O)(O)O)OC(n2cnc3c(N)ncnc32)[C@@H]1O. The van der Waals surface area contributed by atoms with Crippen LogP contribution < -0.4 is 17.2 Å². The molecule has 9 atom stereocenters. The molecule has 53 heavy (non-hydrogen) atoms. The van der Waals surface area contributed by atoms with E-state index in [9.17, 15) is 43.6 Å². The number of hydrogen-bond donors (Lipinski definition) is 7. The summed E-state index contributed by atoms with van der Waals surface area (Å²) in [5, 5.41) is 21.9. The maximum atomic E-state index is 13.3. The first-order valence-corrected chi connectivity index (χ1v) is 20.9. The Labute approximate surface area is 307 Å². The average Bonchev–Trinajstić information content (AvgIpc) is 3.74. The van der Waals surface area contributed by atoms with E-state index in [0.29, 0.717) is 0 Å². The molecule has 0 aliphatic carbocycles. The van der Waals surface area contributed by atoms with Crippen LogP contribution in [0.5, 0.6) is 0 Å². The molecule has 0 bridgehead atoms. The summed E-state index contributed by atoms with van der Waals surface area (Å²) in [5.74, 6) is -1.25. The maximum Gasteiger partial charge on any atom is 0.472 e. The number of phosphoric ester groups is 2. The Kier molecular flexibility index (Phi) is 12.9. The van der Waals surface area contributed by atoms with Gasteiger partial charge in [-0.05, 0) is 6.07 Å². The summed E-state index contributed by atoms with van der Waals surface area (Å²) in [6, 6.07) is 1.28. The van der Waals surface area contributed by atoms with Gasteiger partial charge in [0.25, 0.3) is 0 Å². The molecule has 2 fully saturated rings. The smallest absolute Gasteiger partial charge is 0.455 e. The number of carbonyl (C=O) groups excluding carboxylic acids is 1. The lowest BCUT2D eigenvalue weighted by Crippen LogP contribution is -2.41. The molecule has 3 unspecified atom stereocenters. The summed E-state index contributed by atoms with van der Waals surface area (Å²) in [6.07, 6.45) is -8.49. The second-order valence-electron chi connectivity index (χ2n) is 12.6. The third-order valence-corrected chi connectivity index (χ3v) is 12.3. The van der Waals surface area contributed by atoms with Crippen molar-refractivity contribution in [2.45, 2.75) is 81.0 Å². The predicted octanol–water partition coefficient (Wildman–Crippen LogP) is -0.142. The van der Waals surface area contributed by atoms with Gasteiger partial charge in [0.15, 0.2) is 29.9 Å². The zero-order valence-electron chi connectivity index (χ0n) is 28.1. The summed E-state index contributed by atoms with van der Waals surface area (Å²) in [6.45, 7) is 4.15. The molecule has 294 valence electrons. The minimum Gasteiger partial charge on any atom is -0.455 e. The number of aliphatic hydroxyl groups is 2. The largest absolute Gasteiger partial charge is 0.472 e. The van der Waals surface area contributed by atoms with Crippen molar-refractivity contribution in [1.82, 2.24) is 29.1 Å². The van der Waals surface area contributed by atoms with Crippen molar-refractivity contribution >= 4 is 66.0 Å². The molecule has 3 aromatic rings. The van der Waals surface area contributed by atoms with Gasteiger partial charge < -0.3 is 50.6 Å². The third-order valence-electron chi connectivity index (χ3n) is 7.45. The van der Waals surface area contributed by atoms with Crippen LogP contribution in [0.2, 0.25) is 0 Å². The second-order valence-corrected chi connectivity index (χ2v) is 18.5. The van der Waals surface area contributed by atoms with Gasteiger partial charge in [0.1, 0.15) is 48.3 Å². The number of rotatable bonds is 15. The van der Waals surface area contributed by atoms with Crippen LogP contribution in [0.4, 0.5) is 11.6 Å². The molecule has 2 saturated heterocycles. The second kappa shape index (κ2) is 16.5. The zero-order chi connectivity index (χ0) is 38.9. The predicted molar refractivity (Wildman–Crippen MR) is 185 cm³/mol. The first-order valence-electron chi connectivity index (χ1n) is 15.5. The minimum atomic E-state index is -5.16. The molecule has 0 amide bonds. The first kappa shape index (κ1) is 41.4. The summed E-state index contributed by atoms with van der Waals surface area (Å²) in [4.78, 5) is 70.3. The molecule has 3 aromatic heterocycles. The lowest BCUT2D eigenvalue weighted by atomic mass is 10.1. The van der Waals surface area contributed by atoms with E-state index in [0.717, 1.165) is 10.9 Å². The van der Waals surface area contributed by atoms with E-state index in [4.69, 9.17) is 34.7 Å². The highest BCUT2D eigenvalue weighted by Crippen LogP contribution is 2.50. The molecule has 9 N–H and O–H groups in total. The Hall–Kier alpha value is -2.74. The highest BCUT2D eigenvalue weighted by molar-refractivity contribution is 8.77. The van der Waals surface area contributed by atoms with Gasteiger partial charge in [0.05, 0.1) is 19.5 Å². The van der Waals surface area contributed by atoms with Crippen molar-refractivity contribution in [1.29, 1.82) is 0 Å². The number of ether oxygens (including phenoxy) is 3. The van der Waals surface area contributed by atoms with Crippen molar-refractivity contribution in [3.63, 3.8) is 0 Å². The fourth-order valence-corrected chi connectivity index (χ4v) is 8.80. The van der Waals surface area contributed by atoms with Crippen molar-refractivity contribution < 1.29 is 66.6 Å². The van der Waals surface area contributed by atoms with E-state index in [2.05, 4.69) is 24.5 Å². The van der Waals surface area contributed by atoms with Crippen molar-refractivity contribution in [3.05, 3.63) is 35.4 Å². The van der Waals surface area contributed by atoms with E-state index in [1.807, 2.05) is 20.8 Å². The molecule has 2 aliphatic heterocycles. The van der Waals surface area contributed by atoms with Gasteiger partial charge in [0.2, 0.25) is 0 Å². The lowest BCUT2D eigenvalue weighted by molar-refractivity contribution is -0.165. The van der Waals surface area contributed by atoms with Crippen molar-refractivity contribution in [2.75, 3.05) is 30.4 Å². The molecule has 27 heteroatoms. The molecule has 2 aliphatic rings. The van der Waals surface area contributed by atoms with Crippen LogP contribution in [0.25, 0.3) is 11.2 Å². The number of fused-ring (bicyclic) bond motifs is 1. The molecular formula is C26H38N8O15P2S2. The van der Waals surface area contributed by atoms with Gasteiger partial charge in [0, 0.05) is 23.1 Å². The number of nitrogens with zero attached hydrogens (tertiary/aromatic N) is 6. The summed E-state index contributed by atoms with van der Waals surface area (Å²) in [5.41, 5.74) is 10.9. The molecule has 5 heterocycles. The van der Waals surface area contributed by atoms with Crippen LogP contribution in [0, 0.1) is 0 Å². The molecule has 0 radical (unpaired) electrons. The molecular weight excluding hydrogens is 790 g/mol. The molecule has 5 rings (SSSR count). The number of carbonyl (C=O) groups is 1. The normalized spacial score (nSPS) is 26.8. The Morgan fingerprint density at radius 3 is 2.49 bits per heavy atom. The van der Waals surface area contributed by atoms with Gasteiger partial charge in [-0.1, -0.05) is 42.4 Å². The molecule has 0 aromatic carbocycles. The van der Waals surface area contributed by atoms with E-state index >= 15 is 0 Å². The number of nitrogen functional groups attached to an aromatic ring is 2. The Morgan fingerprint density at radius 2 is 1.81 bits per heavy atom. The number of hydrogen-bond acceptors (Lipinski definition) is 20. The molecule has 0 saturated carbocycles. The highest BCUT2D eigenvalue weighted by atomic mass is 33.1. The maximum absolute atomic E-state index is 13.3. The van der Waals surface area contributed by atoms with Gasteiger partial charge in [-0.15, -0.1) is 0 Å². The van der Waals surface area contributed by atoms with Crippen LogP contribution in [-0.4, -0.2) is 120 Å². The number of anilines is 2. The van der Waals surface area contributed by atoms with E-state index in [-0.39, 0.29) is 39.7 Å². The molecule has 0 spiro atoms. The fourth-order valence-electron chi connectivity index (χ4n) is 5.16. The van der Waals surface area contributed by atoms with Crippen molar-refractivity contribution in [3.8, 4) is 0 Å². The van der Waals surface area contributed by atoms with E-state index in [1.165, 1.54) is 44.7 Å². The monoisotopic (exact) mass is 828 g/mol. The zero-order valence-corrected chi connectivity index (χ0v) is 31.5. The minimum absolute atomic E-state index is 0.0244. The molecule has 23 nitrogen and oxygen atoms in total. The van der Waals surface area contributed by atoms with Crippen LogP contribution in [0.15, 0.2) is 29.7 Å². The van der Waals surface area contributed by atoms with Crippen LogP contribution in [-0.2, 0) is 41.7 Å².